The number of aliphatic hydroxyl groups is 1. The number of hydrogen-bond acceptors (Lipinski definition) is 3. The summed E-state index contributed by atoms with van der Waals surface area (Å²) >= 11 is 0. The molecule has 3 N–H and O–H groups in total. The minimum atomic E-state index is -0.419. The number of aliphatic hydroxyl groups excluding tert-OH is 1. The Kier molecular flexibility index (Phi) is 4.00. The molecule has 1 heterocycles. The molecule has 4 heteroatoms. The molecule has 2 aliphatic rings. The monoisotopic (exact) mass is 288 g/mol. The first-order chi connectivity index (χ1) is 10.2. The van der Waals surface area contributed by atoms with E-state index in [1.807, 2.05) is 18.2 Å². The third-order valence-electron chi connectivity index (χ3n) is 5.13. The SMILES string of the molecule is O=C(NCC1(CO)CC1)C1(c2ccccc2)CCNCC1. The topological polar surface area (TPSA) is 61.4 Å². The summed E-state index contributed by atoms with van der Waals surface area (Å²) < 4.78 is 0. The largest absolute Gasteiger partial charge is 0.396 e. The van der Waals surface area contributed by atoms with Gasteiger partial charge in [0, 0.05) is 12.0 Å². The van der Waals surface area contributed by atoms with Crippen LogP contribution in [0.25, 0.3) is 0 Å². The van der Waals surface area contributed by atoms with Crippen molar-refractivity contribution in [3.8, 4) is 0 Å². The van der Waals surface area contributed by atoms with Crippen molar-refractivity contribution in [2.24, 2.45) is 5.41 Å². The number of carbonyl (C=O) groups is 1. The van der Waals surface area contributed by atoms with Crippen LogP contribution in [0.15, 0.2) is 30.3 Å². The molecule has 3 rings (SSSR count). The maximum absolute atomic E-state index is 12.9. The highest BCUT2D eigenvalue weighted by Gasteiger charge is 2.45. The predicted molar refractivity (Wildman–Crippen MR) is 82.0 cm³/mol. The Balaban J connectivity index is 1.77. The minimum absolute atomic E-state index is 0.0412. The highest BCUT2D eigenvalue weighted by Crippen LogP contribution is 2.44. The predicted octanol–water partition coefficient (Wildman–Crippen LogP) is 1.20. The van der Waals surface area contributed by atoms with Crippen LogP contribution in [0.5, 0.6) is 0 Å². The van der Waals surface area contributed by atoms with Crippen molar-refractivity contribution in [2.45, 2.75) is 31.1 Å². The van der Waals surface area contributed by atoms with Crippen LogP contribution in [0.4, 0.5) is 0 Å². The quantitative estimate of drug-likeness (QED) is 0.763. The Bertz CT molecular complexity index is 491. The summed E-state index contributed by atoms with van der Waals surface area (Å²) in [6.45, 7) is 2.51. The van der Waals surface area contributed by atoms with E-state index in [-0.39, 0.29) is 17.9 Å². The number of benzene rings is 1. The third-order valence-corrected chi connectivity index (χ3v) is 5.13. The summed E-state index contributed by atoms with van der Waals surface area (Å²) in [5, 5.41) is 15.9. The van der Waals surface area contributed by atoms with Crippen LogP contribution in [-0.2, 0) is 10.2 Å². The molecule has 0 spiro atoms. The lowest BCUT2D eigenvalue weighted by atomic mass is 9.72. The first kappa shape index (κ1) is 14.5. The zero-order valence-corrected chi connectivity index (χ0v) is 12.4. The zero-order valence-electron chi connectivity index (χ0n) is 12.4. The molecule has 1 saturated carbocycles. The molecule has 1 aromatic carbocycles. The van der Waals surface area contributed by atoms with E-state index < -0.39 is 5.41 Å². The van der Waals surface area contributed by atoms with Gasteiger partial charge in [0.15, 0.2) is 0 Å². The number of amides is 1. The number of carbonyl (C=O) groups excluding carboxylic acids is 1. The lowest BCUT2D eigenvalue weighted by molar-refractivity contribution is -0.128. The summed E-state index contributed by atoms with van der Waals surface area (Å²) in [6, 6.07) is 10.1. The summed E-state index contributed by atoms with van der Waals surface area (Å²) in [5.74, 6) is 0.120. The van der Waals surface area contributed by atoms with Crippen molar-refractivity contribution in [3.63, 3.8) is 0 Å². The molecule has 0 aromatic heterocycles. The zero-order chi connectivity index (χ0) is 14.8. The van der Waals surface area contributed by atoms with E-state index in [0.717, 1.165) is 44.3 Å². The van der Waals surface area contributed by atoms with E-state index in [0.29, 0.717) is 6.54 Å². The van der Waals surface area contributed by atoms with Crippen molar-refractivity contribution < 1.29 is 9.90 Å². The van der Waals surface area contributed by atoms with Crippen LogP contribution in [0, 0.1) is 5.41 Å². The van der Waals surface area contributed by atoms with E-state index in [1.54, 1.807) is 0 Å². The van der Waals surface area contributed by atoms with E-state index in [9.17, 15) is 9.90 Å². The number of hydrogen-bond donors (Lipinski definition) is 3. The van der Waals surface area contributed by atoms with Gasteiger partial charge in [-0.1, -0.05) is 30.3 Å². The van der Waals surface area contributed by atoms with Gasteiger partial charge in [-0.25, -0.2) is 0 Å². The molecule has 0 bridgehead atoms. The maximum Gasteiger partial charge on any atom is 0.230 e. The second kappa shape index (κ2) is 5.78. The van der Waals surface area contributed by atoms with Gasteiger partial charge in [-0.3, -0.25) is 4.79 Å². The number of nitrogens with one attached hydrogen (secondary N) is 2. The summed E-state index contributed by atoms with van der Waals surface area (Å²) in [4.78, 5) is 12.9. The molecule has 1 amide bonds. The van der Waals surface area contributed by atoms with Gasteiger partial charge in [0.2, 0.25) is 5.91 Å². The fourth-order valence-corrected chi connectivity index (χ4v) is 3.26. The molecule has 1 aromatic rings. The Morgan fingerprint density at radius 2 is 1.81 bits per heavy atom. The Morgan fingerprint density at radius 1 is 1.14 bits per heavy atom. The molecular formula is C17H24N2O2. The van der Waals surface area contributed by atoms with E-state index in [2.05, 4.69) is 22.8 Å². The summed E-state index contributed by atoms with van der Waals surface area (Å²) in [7, 11) is 0. The fraction of sp³-hybridized carbons (Fsp3) is 0.588. The molecule has 1 saturated heterocycles. The van der Waals surface area contributed by atoms with E-state index >= 15 is 0 Å². The van der Waals surface area contributed by atoms with Crippen molar-refractivity contribution in [2.75, 3.05) is 26.2 Å². The van der Waals surface area contributed by atoms with Gasteiger partial charge in [0.1, 0.15) is 0 Å². The van der Waals surface area contributed by atoms with Crippen LogP contribution in [0.1, 0.15) is 31.2 Å². The smallest absolute Gasteiger partial charge is 0.230 e. The molecular weight excluding hydrogens is 264 g/mol. The van der Waals surface area contributed by atoms with Crippen molar-refractivity contribution in [1.29, 1.82) is 0 Å². The van der Waals surface area contributed by atoms with Crippen LogP contribution in [0.3, 0.4) is 0 Å². The van der Waals surface area contributed by atoms with Gasteiger partial charge in [-0.2, -0.15) is 0 Å². The molecule has 0 atom stereocenters. The number of rotatable bonds is 5. The molecule has 4 nitrogen and oxygen atoms in total. The van der Waals surface area contributed by atoms with Gasteiger partial charge in [0.25, 0.3) is 0 Å². The van der Waals surface area contributed by atoms with Gasteiger partial charge in [-0.05, 0) is 44.3 Å². The second-order valence-electron chi connectivity index (χ2n) is 6.54. The standard InChI is InChI=1S/C17H24N2O2/c20-13-16(6-7-16)12-19-15(21)17(8-10-18-11-9-17)14-4-2-1-3-5-14/h1-5,18,20H,6-13H2,(H,19,21). The molecule has 21 heavy (non-hydrogen) atoms. The van der Waals surface area contributed by atoms with Gasteiger partial charge >= 0.3 is 0 Å². The Morgan fingerprint density at radius 3 is 2.38 bits per heavy atom. The highest BCUT2D eigenvalue weighted by molar-refractivity contribution is 5.88. The average Bonchev–Trinajstić information content (AvgIpc) is 3.35. The lowest BCUT2D eigenvalue weighted by Crippen LogP contribution is -2.51. The van der Waals surface area contributed by atoms with Gasteiger partial charge in [-0.15, -0.1) is 0 Å². The lowest BCUT2D eigenvalue weighted by Gasteiger charge is -2.37. The molecule has 0 radical (unpaired) electrons. The Labute approximate surface area is 125 Å². The van der Waals surface area contributed by atoms with Crippen molar-refractivity contribution in [1.82, 2.24) is 10.6 Å². The minimum Gasteiger partial charge on any atom is -0.396 e. The van der Waals surface area contributed by atoms with Crippen LogP contribution in [-0.4, -0.2) is 37.3 Å². The normalized spacial score (nSPS) is 22.5. The Hall–Kier alpha value is -1.39. The van der Waals surface area contributed by atoms with Crippen LogP contribution < -0.4 is 10.6 Å². The number of piperidine rings is 1. The summed E-state index contributed by atoms with van der Waals surface area (Å²) in [6.07, 6.45) is 3.69. The first-order valence-corrected chi connectivity index (χ1v) is 7.86. The fourth-order valence-electron chi connectivity index (χ4n) is 3.26. The first-order valence-electron chi connectivity index (χ1n) is 7.86. The van der Waals surface area contributed by atoms with Gasteiger partial charge < -0.3 is 15.7 Å². The van der Waals surface area contributed by atoms with E-state index in [4.69, 9.17) is 0 Å². The van der Waals surface area contributed by atoms with E-state index in [1.165, 1.54) is 0 Å². The van der Waals surface area contributed by atoms with Gasteiger partial charge in [0.05, 0.1) is 12.0 Å². The molecule has 114 valence electrons. The van der Waals surface area contributed by atoms with Crippen molar-refractivity contribution >= 4 is 5.91 Å². The van der Waals surface area contributed by atoms with Crippen molar-refractivity contribution in [3.05, 3.63) is 35.9 Å². The van der Waals surface area contributed by atoms with Crippen LogP contribution in [0.2, 0.25) is 0 Å². The molecule has 1 aliphatic carbocycles. The summed E-state index contributed by atoms with van der Waals surface area (Å²) in [5.41, 5.74) is 0.649. The molecule has 0 unspecified atom stereocenters. The maximum atomic E-state index is 12.9. The van der Waals surface area contributed by atoms with Crippen LogP contribution >= 0.6 is 0 Å². The molecule has 1 aliphatic heterocycles. The highest BCUT2D eigenvalue weighted by atomic mass is 16.3. The average molecular weight is 288 g/mol. The molecule has 2 fully saturated rings. The second-order valence-corrected chi connectivity index (χ2v) is 6.54. The third kappa shape index (κ3) is 2.83.